The summed E-state index contributed by atoms with van der Waals surface area (Å²) in [5.74, 6) is -1.89. The van der Waals surface area contributed by atoms with Crippen LogP contribution in [-0.2, 0) is 4.74 Å². The van der Waals surface area contributed by atoms with E-state index in [1.54, 1.807) is 0 Å². The summed E-state index contributed by atoms with van der Waals surface area (Å²) in [5, 5.41) is 45.5. The van der Waals surface area contributed by atoms with Gasteiger partial charge in [-0.1, -0.05) is 0 Å². The maximum Gasteiger partial charge on any atom is 0.192 e. The summed E-state index contributed by atoms with van der Waals surface area (Å²) in [4.78, 5) is 0. The lowest BCUT2D eigenvalue weighted by Gasteiger charge is -2.20. The molecule has 1 fully saturated rings. The molecule has 5 atom stereocenters. The second-order valence-electron chi connectivity index (χ2n) is 3.32. The molecule has 1 heterocycles. The highest BCUT2D eigenvalue weighted by atomic mass is 16.7. The van der Waals surface area contributed by atoms with E-state index in [1.807, 2.05) is 0 Å². The molecule has 0 bridgehead atoms. The van der Waals surface area contributed by atoms with Crippen molar-refractivity contribution in [1.82, 2.24) is 0 Å². The van der Waals surface area contributed by atoms with Crippen LogP contribution >= 0.6 is 0 Å². The SMILES string of the molecule is CC1(O)O[C@@H]([C@H](O)CO)[C@H](O)[C@H]1O. The van der Waals surface area contributed by atoms with Crippen LogP contribution in [0.15, 0.2) is 0 Å². The lowest BCUT2D eigenvalue weighted by atomic mass is 10.0. The highest BCUT2D eigenvalue weighted by Crippen LogP contribution is 2.30. The van der Waals surface area contributed by atoms with Crippen molar-refractivity contribution in [1.29, 1.82) is 0 Å². The molecule has 0 amide bonds. The van der Waals surface area contributed by atoms with Gasteiger partial charge in [-0.15, -0.1) is 0 Å². The van der Waals surface area contributed by atoms with Crippen LogP contribution in [0.4, 0.5) is 0 Å². The fourth-order valence-corrected chi connectivity index (χ4v) is 1.32. The van der Waals surface area contributed by atoms with Crippen LogP contribution in [0.3, 0.4) is 0 Å². The van der Waals surface area contributed by atoms with Gasteiger partial charge in [0.1, 0.15) is 24.4 Å². The summed E-state index contributed by atoms with van der Waals surface area (Å²) in [6, 6.07) is 0. The molecule has 0 aromatic heterocycles. The molecule has 1 aliphatic rings. The minimum atomic E-state index is -1.89. The Hall–Kier alpha value is -0.240. The van der Waals surface area contributed by atoms with E-state index in [9.17, 15) is 15.3 Å². The summed E-state index contributed by atoms with van der Waals surface area (Å²) in [5.41, 5.74) is 0. The number of ether oxygens (including phenoxy) is 1. The summed E-state index contributed by atoms with van der Waals surface area (Å²) in [7, 11) is 0. The lowest BCUT2D eigenvalue weighted by Crippen LogP contribution is -2.41. The van der Waals surface area contributed by atoms with Crippen molar-refractivity contribution >= 4 is 0 Å². The molecule has 0 radical (unpaired) electrons. The Morgan fingerprint density at radius 1 is 1.46 bits per heavy atom. The lowest BCUT2D eigenvalue weighted by molar-refractivity contribution is -0.226. The van der Waals surface area contributed by atoms with E-state index >= 15 is 0 Å². The van der Waals surface area contributed by atoms with Crippen molar-refractivity contribution in [3.05, 3.63) is 0 Å². The maximum absolute atomic E-state index is 9.32. The van der Waals surface area contributed by atoms with Gasteiger partial charge in [0, 0.05) is 0 Å². The van der Waals surface area contributed by atoms with Crippen LogP contribution in [0.1, 0.15) is 6.92 Å². The Bertz CT molecular complexity index is 182. The summed E-state index contributed by atoms with van der Waals surface area (Å²) in [6.45, 7) is 0.565. The van der Waals surface area contributed by atoms with Crippen LogP contribution < -0.4 is 0 Å². The van der Waals surface area contributed by atoms with E-state index in [-0.39, 0.29) is 0 Å². The Morgan fingerprint density at radius 3 is 2.31 bits per heavy atom. The van der Waals surface area contributed by atoms with Crippen LogP contribution in [0, 0.1) is 0 Å². The third-order valence-electron chi connectivity index (χ3n) is 2.15. The van der Waals surface area contributed by atoms with Crippen molar-refractivity contribution in [2.75, 3.05) is 6.61 Å². The van der Waals surface area contributed by atoms with Crippen molar-refractivity contribution in [3.63, 3.8) is 0 Å². The molecule has 6 heteroatoms. The zero-order valence-electron chi connectivity index (χ0n) is 7.16. The molecule has 0 aromatic rings. The van der Waals surface area contributed by atoms with Gasteiger partial charge < -0.3 is 30.3 Å². The molecular formula is C7H14O6. The number of aliphatic hydroxyl groups is 5. The highest BCUT2D eigenvalue weighted by molar-refractivity contribution is 4.95. The van der Waals surface area contributed by atoms with Crippen LogP contribution in [0.25, 0.3) is 0 Å². The standard InChI is InChI=1S/C7H14O6/c1-7(12)6(11)4(10)5(13-7)3(9)2-8/h3-6,8-12H,2H2,1H3/t3-,4+,5+,6-,7?/m1/s1. The van der Waals surface area contributed by atoms with Crippen molar-refractivity contribution < 1.29 is 30.3 Å². The molecule has 5 N–H and O–H groups in total. The predicted octanol–water partition coefficient (Wildman–Crippen LogP) is -2.83. The maximum atomic E-state index is 9.32. The van der Waals surface area contributed by atoms with Crippen molar-refractivity contribution in [3.8, 4) is 0 Å². The average molecular weight is 194 g/mol. The van der Waals surface area contributed by atoms with E-state index < -0.39 is 36.8 Å². The molecule has 1 aliphatic heterocycles. The monoisotopic (exact) mass is 194 g/mol. The highest BCUT2D eigenvalue weighted by Gasteiger charge is 2.52. The minimum Gasteiger partial charge on any atom is -0.394 e. The molecule has 78 valence electrons. The fraction of sp³-hybridized carbons (Fsp3) is 1.00. The van der Waals surface area contributed by atoms with Gasteiger partial charge in [-0.3, -0.25) is 0 Å². The largest absolute Gasteiger partial charge is 0.394 e. The Labute approximate surface area is 75.0 Å². The Morgan fingerprint density at radius 2 is 2.00 bits per heavy atom. The van der Waals surface area contributed by atoms with Crippen molar-refractivity contribution in [2.24, 2.45) is 0 Å². The molecule has 13 heavy (non-hydrogen) atoms. The van der Waals surface area contributed by atoms with Gasteiger partial charge in [0.2, 0.25) is 0 Å². The van der Waals surface area contributed by atoms with Crippen LogP contribution in [-0.4, -0.2) is 62.3 Å². The van der Waals surface area contributed by atoms with Gasteiger partial charge in [-0.2, -0.15) is 0 Å². The van der Waals surface area contributed by atoms with Gasteiger partial charge in [-0.25, -0.2) is 0 Å². The topological polar surface area (TPSA) is 110 Å². The normalized spacial score (nSPS) is 48.0. The average Bonchev–Trinajstić information content (AvgIpc) is 2.28. The number of hydrogen-bond acceptors (Lipinski definition) is 6. The zero-order valence-corrected chi connectivity index (χ0v) is 7.16. The van der Waals surface area contributed by atoms with Gasteiger partial charge >= 0.3 is 0 Å². The first-order valence-corrected chi connectivity index (χ1v) is 3.95. The molecule has 0 aromatic carbocycles. The molecule has 1 rings (SSSR count). The van der Waals surface area contributed by atoms with E-state index in [2.05, 4.69) is 0 Å². The molecule has 0 aliphatic carbocycles. The molecule has 0 saturated carbocycles. The second-order valence-corrected chi connectivity index (χ2v) is 3.32. The quantitative estimate of drug-likeness (QED) is 0.324. The second kappa shape index (κ2) is 3.49. The van der Waals surface area contributed by atoms with E-state index in [1.165, 1.54) is 6.92 Å². The van der Waals surface area contributed by atoms with E-state index in [0.29, 0.717) is 0 Å². The van der Waals surface area contributed by atoms with Crippen LogP contribution in [0.5, 0.6) is 0 Å². The first-order chi connectivity index (χ1) is 5.90. The number of aliphatic hydroxyl groups excluding tert-OH is 4. The van der Waals surface area contributed by atoms with Gasteiger partial charge in [0.05, 0.1) is 6.61 Å². The van der Waals surface area contributed by atoms with Gasteiger partial charge in [0.15, 0.2) is 5.79 Å². The van der Waals surface area contributed by atoms with Gasteiger partial charge in [0.25, 0.3) is 0 Å². The molecular weight excluding hydrogens is 180 g/mol. The van der Waals surface area contributed by atoms with Crippen molar-refractivity contribution in [2.45, 2.75) is 37.1 Å². The number of hydrogen-bond donors (Lipinski definition) is 5. The smallest absolute Gasteiger partial charge is 0.192 e. The summed E-state index contributed by atoms with van der Waals surface area (Å²) < 4.78 is 4.77. The fourth-order valence-electron chi connectivity index (χ4n) is 1.32. The Balaban J connectivity index is 2.72. The van der Waals surface area contributed by atoms with E-state index in [4.69, 9.17) is 14.9 Å². The van der Waals surface area contributed by atoms with Gasteiger partial charge in [-0.05, 0) is 6.92 Å². The third kappa shape index (κ3) is 1.83. The van der Waals surface area contributed by atoms with E-state index in [0.717, 1.165) is 0 Å². The first-order valence-electron chi connectivity index (χ1n) is 3.95. The number of rotatable bonds is 2. The third-order valence-corrected chi connectivity index (χ3v) is 2.15. The predicted molar refractivity (Wildman–Crippen MR) is 40.6 cm³/mol. The first kappa shape index (κ1) is 10.8. The molecule has 1 saturated heterocycles. The molecule has 1 unspecified atom stereocenters. The Kier molecular flexibility index (Phi) is 2.91. The molecule has 6 nitrogen and oxygen atoms in total. The summed E-state index contributed by atoms with van der Waals surface area (Å²) >= 11 is 0. The zero-order chi connectivity index (χ0) is 10.2. The minimum absolute atomic E-state index is 0.607. The van der Waals surface area contributed by atoms with Crippen LogP contribution in [0.2, 0.25) is 0 Å². The molecule has 0 spiro atoms. The summed E-state index contributed by atoms with van der Waals surface area (Å²) in [6.07, 6.45) is -5.38.